The molecular weight excluding hydrogens is 226 g/mol. The Morgan fingerprint density at radius 1 is 1.33 bits per heavy atom. The van der Waals surface area contributed by atoms with Crippen molar-refractivity contribution in [3.05, 3.63) is 35.6 Å². The summed E-state index contributed by atoms with van der Waals surface area (Å²) >= 11 is 0. The first-order valence-electron chi connectivity index (χ1n) is 6.38. The molecule has 0 radical (unpaired) electrons. The second kappa shape index (κ2) is 5.25. The topological polar surface area (TPSA) is 33.5 Å². The van der Waals surface area contributed by atoms with Gasteiger partial charge in [-0.2, -0.15) is 0 Å². The van der Waals surface area contributed by atoms with Gasteiger partial charge in [0.2, 0.25) is 0 Å². The van der Waals surface area contributed by atoms with Crippen LogP contribution in [0.2, 0.25) is 0 Å². The second-order valence-electron chi connectivity index (χ2n) is 4.63. The summed E-state index contributed by atoms with van der Waals surface area (Å²) in [6.45, 7) is 4.82. The van der Waals surface area contributed by atoms with Crippen LogP contribution in [0.25, 0.3) is 11.0 Å². The Morgan fingerprint density at radius 3 is 2.72 bits per heavy atom. The molecule has 3 heteroatoms. The molecule has 96 valence electrons. The van der Waals surface area contributed by atoms with E-state index in [-0.39, 0.29) is 5.91 Å². The maximum atomic E-state index is 12.3. The third-order valence-corrected chi connectivity index (χ3v) is 3.23. The van der Waals surface area contributed by atoms with E-state index in [1.807, 2.05) is 38.2 Å². The maximum absolute atomic E-state index is 12.3. The van der Waals surface area contributed by atoms with Gasteiger partial charge in [-0.1, -0.05) is 31.5 Å². The fourth-order valence-corrected chi connectivity index (χ4v) is 2.05. The van der Waals surface area contributed by atoms with Gasteiger partial charge in [0.05, 0.1) is 0 Å². The highest BCUT2D eigenvalue weighted by Crippen LogP contribution is 2.25. The first-order chi connectivity index (χ1) is 8.65. The number of hydrogen-bond acceptors (Lipinski definition) is 2. The Hall–Kier alpha value is -1.77. The molecule has 0 aliphatic heterocycles. The Labute approximate surface area is 107 Å². The molecule has 0 N–H and O–H groups in total. The van der Waals surface area contributed by atoms with Gasteiger partial charge in [0.1, 0.15) is 5.58 Å². The third kappa shape index (κ3) is 2.26. The van der Waals surface area contributed by atoms with Crippen LogP contribution in [0.3, 0.4) is 0 Å². The number of para-hydroxylation sites is 1. The van der Waals surface area contributed by atoms with Crippen molar-refractivity contribution in [1.82, 2.24) is 4.90 Å². The molecule has 2 rings (SSSR count). The van der Waals surface area contributed by atoms with Crippen LogP contribution in [0.5, 0.6) is 0 Å². The number of hydrogen-bond donors (Lipinski definition) is 0. The minimum atomic E-state index is -0.0304. The number of benzene rings is 1. The lowest BCUT2D eigenvalue weighted by molar-refractivity contribution is 0.0763. The van der Waals surface area contributed by atoms with E-state index in [2.05, 4.69) is 6.92 Å². The molecule has 0 atom stereocenters. The average molecular weight is 245 g/mol. The summed E-state index contributed by atoms with van der Waals surface area (Å²) in [7, 11) is 1.82. The largest absolute Gasteiger partial charge is 0.451 e. The van der Waals surface area contributed by atoms with E-state index >= 15 is 0 Å². The van der Waals surface area contributed by atoms with E-state index in [0.29, 0.717) is 5.76 Å². The van der Waals surface area contributed by atoms with Crippen LogP contribution in [0.4, 0.5) is 0 Å². The smallest absolute Gasteiger partial charge is 0.289 e. The van der Waals surface area contributed by atoms with Crippen LogP contribution >= 0.6 is 0 Å². The van der Waals surface area contributed by atoms with E-state index in [0.717, 1.165) is 35.9 Å². The van der Waals surface area contributed by atoms with Crippen molar-refractivity contribution in [3.8, 4) is 0 Å². The number of furan rings is 1. The summed E-state index contributed by atoms with van der Waals surface area (Å²) in [6, 6.07) is 7.75. The highest BCUT2D eigenvalue weighted by molar-refractivity contribution is 5.98. The summed E-state index contributed by atoms with van der Waals surface area (Å²) in [5.41, 5.74) is 1.71. The van der Waals surface area contributed by atoms with E-state index < -0.39 is 0 Å². The first-order valence-corrected chi connectivity index (χ1v) is 6.38. The Bertz CT molecular complexity index is 557. The predicted molar refractivity (Wildman–Crippen MR) is 72.8 cm³/mol. The lowest BCUT2D eigenvalue weighted by Gasteiger charge is -2.15. The molecule has 0 unspecified atom stereocenters. The van der Waals surface area contributed by atoms with Gasteiger partial charge in [0, 0.05) is 24.5 Å². The number of aryl methyl sites for hydroxylation is 1. The zero-order valence-corrected chi connectivity index (χ0v) is 11.2. The first kappa shape index (κ1) is 12.7. The van der Waals surface area contributed by atoms with Crippen LogP contribution in [0, 0.1) is 6.92 Å². The molecule has 0 bridgehead atoms. The van der Waals surface area contributed by atoms with Crippen LogP contribution in [-0.2, 0) is 0 Å². The summed E-state index contributed by atoms with van der Waals surface area (Å²) in [4.78, 5) is 14.0. The molecule has 3 nitrogen and oxygen atoms in total. The molecule has 0 fully saturated rings. The van der Waals surface area contributed by atoms with Crippen molar-refractivity contribution in [1.29, 1.82) is 0 Å². The molecule has 2 aromatic rings. The van der Waals surface area contributed by atoms with E-state index in [9.17, 15) is 4.79 Å². The quantitative estimate of drug-likeness (QED) is 0.824. The molecule has 1 aromatic heterocycles. The molecule has 0 spiro atoms. The zero-order valence-electron chi connectivity index (χ0n) is 11.2. The van der Waals surface area contributed by atoms with Crippen LogP contribution in [0.1, 0.15) is 35.9 Å². The molecule has 0 aliphatic rings. The molecule has 1 amide bonds. The minimum absolute atomic E-state index is 0.0304. The van der Waals surface area contributed by atoms with Crippen LogP contribution in [-0.4, -0.2) is 24.4 Å². The highest BCUT2D eigenvalue weighted by Gasteiger charge is 2.20. The molecule has 1 heterocycles. The standard InChI is InChI=1S/C15H19NO2/c1-4-5-10-16(3)15(17)14-11(2)12-8-6-7-9-13(12)18-14/h6-9H,4-5,10H2,1-3H3. The van der Waals surface area contributed by atoms with Crippen molar-refractivity contribution in [3.63, 3.8) is 0 Å². The van der Waals surface area contributed by atoms with Crippen molar-refractivity contribution < 1.29 is 9.21 Å². The van der Waals surface area contributed by atoms with Crippen LogP contribution < -0.4 is 0 Å². The van der Waals surface area contributed by atoms with Gasteiger partial charge in [-0.15, -0.1) is 0 Å². The second-order valence-corrected chi connectivity index (χ2v) is 4.63. The molecule has 1 aromatic carbocycles. The van der Waals surface area contributed by atoms with Gasteiger partial charge in [0.15, 0.2) is 5.76 Å². The fourth-order valence-electron chi connectivity index (χ4n) is 2.05. The SMILES string of the molecule is CCCCN(C)C(=O)c1oc2ccccc2c1C. The summed E-state index contributed by atoms with van der Waals surface area (Å²) in [6.07, 6.45) is 2.10. The number of carbonyl (C=O) groups excluding carboxylic acids is 1. The van der Waals surface area contributed by atoms with Crippen molar-refractivity contribution in [2.45, 2.75) is 26.7 Å². The molecule has 0 saturated heterocycles. The normalized spacial score (nSPS) is 10.8. The summed E-state index contributed by atoms with van der Waals surface area (Å²) < 4.78 is 5.67. The maximum Gasteiger partial charge on any atom is 0.289 e. The Morgan fingerprint density at radius 2 is 2.06 bits per heavy atom. The van der Waals surface area contributed by atoms with Gasteiger partial charge in [-0.25, -0.2) is 0 Å². The molecular formula is C15H19NO2. The van der Waals surface area contributed by atoms with E-state index in [1.54, 1.807) is 4.90 Å². The molecule has 0 saturated carbocycles. The number of rotatable bonds is 4. The van der Waals surface area contributed by atoms with Crippen molar-refractivity contribution >= 4 is 16.9 Å². The average Bonchev–Trinajstić information content (AvgIpc) is 2.73. The Balaban J connectivity index is 2.30. The summed E-state index contributed by atoms with van der Waals surface area (Å²) in [5, 5.41) is 1.02. The van der Waals surface area contributed by atoms with Gasteiger partial charge in [-0.05, 0) is 19.4 Å². The number of carbonyl (C=O) groups is 1. The number of nitrogens with zero attached hydrogens (tertiary/aromatic N) is 1. The van der Waals surface area contributed by atoms with Crippen molar-refractivity contribution in [2.24, 2.45) is 0 Å². The van der Waals surface area contributed by atoms with E-state index in [1.165, 1.54) is 0 Å². The number of unbranched alkanes of at least 4 members (excludes halogenated alkanes) is 1. The zero-order chi connectivity index (χ0) is 13.1. The predicted octanol–water partition coefficient (Wildman–Crippen LogP) is 3.61. The highest BCUT2D eigenvalue weighted by atomic mass is 16.3. The minimum Gasteiger partial charge on any atom is -0.451 e. The monoisotopic (exact) mass is 245 g/mol. The van der Waals surface area contributed by atoms with Gasteiger partial charge < -0.3 is 9.32 Å². The van der Waals surface area contributed by atoms with Crippen LogP contribution in [0.15, 0.2) is 28.7 Å². The van der Waals surface area contributed by atoms with Gasteiger partial charge in [-0.3, -0.25) is 4.79 Å². The van der Waals surface area contributed by atoms with Gasteiger partial charge in [0.25, 0.3) is 5.91 Å². The van der Waals surface area contributed by atoms with Gasteiger partial charge >= 0.3 is 0 Å². The lowest BCUT2D eigenvalue weighted by Crippen LogP contribution is -2.27. The third-order valence-electron chi connectivity index (χ3n) is 3.23. The number of amides is 1. The Kier molecular flexibility index (Phi) is 3.70. The number of fused-ring (bicyclic) bond motifs is 1. The lowest BCUT2D eigenvalue weighted by atomic mass is 10.1. The fraction of sp³-hybridized carbons (Fsp3) is 0.400. The molecule has 18 heavy (non-hydrogen) atoms. The van der Waals surface area contributed by atoms with E-state index in [4.69, 9.17) is 4.42 Å². The van der Waals surface area contributed by atoms with Crippen molar-refractivity contribution in [2.75, 3.05) is 13.6 Å². The summed E-state index contributed by atoms with van der Waals surface area (Å²) in [5.74, 6) is 0.437. The molecule has 0 aliphatic carbocycles.